The summed E-state index contributed by atoms with van der Waals surface area (Å²) in [6.07, 6.45) is 13.6. The minimum Gasteiger partial charge on any atom is -0.461 e. The molecule has 1 aliphatic carbocycles. The molecule has 0 aromatic heterocycles. The highest BCUT2D eigenvalue weighted by atomic mass is 16.5. The van der Waals surface area contributed by atoms with Crippen molar-refractivity contribution in [3.8, 4) is 0 Å². The average Bonchev–Trinajstić information content (AvgIpc) is 2.78. The Morgan fingerprint density at radius 1 is 1.00 bits per heavy atom. The van der Waals surface area contributed by atoms with Crippen LogP contribution in [0.2, 0.25) is 0 Å². The van der Waals surface area contributed by atoms with Crippen LogP contribution in [0.5, 0.6) is 0 Å². The lowest BCUT2D eigenvalue weighted by Gasteiger charge is -2.19. The quantitative estimate of drug-likeness (QED) is 0.453. The maximum Gasteiger partial charge on any atom is 0.306 e. The fourth-order valence-corrected chi connectivity index (χ4v) is 3.47. The summed E-state index contributed by atoms with van der Waals surface area (Å²) in [6, 6.07) is 20.2. The third kappa shape index (κ3) is 6.76. The fourth-order valence-electron chi connectivity index (χ4n) is 3.47. The van der Waals surface area contributed by atoms with Gasteiger partial charge < -0.3 is 4.74 Å². The van der Waals surface area contributed by atoms with Gasteiger partial charge in [-0.05, 0) is 53.5 Å². The van der Waals surface area contributed by atoms with Crippen molar-refractivity contribution in [1.82, 2.24) is 0 Å². The summed E-state index contributed by atoms with van der Waals surface area (Å²) in [5, 5.41) is 0. The smallest absolute Gasteiger partial charge is 0.306 e. The summed E-state index contributed by atoms with van der Waals surface area (Å²) in [4.78, 5) is 12.5. The van der Waals surface area contributed by atoms with Gasteiger partial charge in [0.2, 0.25) is 0 Å². The van der Waals surface area contributed by atoms with Crippen molar-refractivity contribution in [3.05, 3.63) is 114 Å². The van der Waals surface area contributed by atoms with Gasteiger partial charge in [-0.2, -0.15) is 0 Å². The van der Waals surface area contributed by atoms with Crippen molar-refractivity contribution in [3.63, 3.8) is 0 Å². The predicted octanol–water partition coefficient (Wildman–Crippen LogP) is 6.64. The molecule has 0 amide bonds. The normalized spacial score (nSPS) is 14.4. The Morgan fingerprint density at radius 3 is 2.41 bits per heavy atom. The molecule has 2 heteroatoms. The van der Waals surface area contributed by atoms with Gasteiger partial charge in [0.25, 0.3) is 0 Å². The number of ether oxygens (including phenoxy) is 1. The lowest BCUT2D eigenvalue weighted by Crippen LogP contribution is -2.12. The predicted molar refractivity (Wildman–Crippen MR) is 120 cm³/mol. The van der Waals surface area contributed by atoms with Gasteiger partial charge in [0.05, 0.1) is 6.42 Å². The second-order valence-electron chi connectivity index (χ2n) is 7.25. The number of benzene rings is 2. The van der Waals surface area contributed by atoms with E-state index < -0.39 is 0 Å². The first-order valence-corrected chi connectivity index (χ1v) is 10.2. The molecule has 0 bridgehead atoms. The summed E-state index contributed by atoms with van der Waals surface area (Å²) in [6.45, 7) is 4.56. The van der Waals surface area contributed by atoms with Crippen molar-refractivity contribution >= 4 is 12.0 Å². The highest BCUT2D eigenvalue weighted by Crippen LogP contribution is 2.31. The van der Waals surface area contributed by atoms with Crippen molar-refractivity contribution in [2.75, 3.05) is 6.61 Å². The van der Waals surface area contributed by atoms with Crippen molar-refractivity contribution < 1.29 is 9.53 Å². The Balaban J connectivity index is 1.58. The van der Waals surface area contributed by atoms with Crippen LogP contribution < -0.4 is 0 Å². The minimum absolute atomic E-state index is 0.0607. The zero-order valence-corrected chi connectivity index (χ0v) is 16.8. The van der Waals surface area contributed by atoms with Gasteiger partial charge in [-0.25, -0.2) is 0 Å². The maximum atomic E-state index is 12.5. The Morgan fingerprint density at radius 2 is 1.72 bits per heavy atom. The highest BCUT2D eigenvalue weighted by molar-refractivity contribution is 5.71. The largest absolute Gasteiger partial charge is 0.461 e. The second kappa shape index (κ2) is 11.0. The number of esters is 1. The van der Waals surface area contributed by atoms with Crippen LogP contribution in [0.25, 0.3) is 6.08 Å². The first-order chi connectivity index (χ1) is 14.2. The molecular weight excluding hydrogens is 356 g/mol. The maximum absolute atomic E-state index is 12.5. The van der Waals surface area contributed by atoms with Gasteiger partial charge in [-0.1, -0.05) is 91.5 Å². The van der Waals surface area contributed by atoms with Gasteiger partial charge in [0, 0.05) is 0 Å². The number of hydrogen-bond donors (Lipinski definition) is 0. The van der Waals surface area contributed by atoms with Crippen LogP contribution in [0.4, 0.5) is 0 Å². The van der Waals surface area contributed by atoms with Crippen LogP contribution in [0.15, 0.2) is 103 Å². The van der Waals surface area contributed by atoms with Crippen molar-refractivity contribution in [1.29, 1.82) is 0 Å². The molecule has 0 N–H and O–H groups in total. The molecule has 148 valence electrons. The van der Waals surface area contributed by atoms with Crippen LogP contribution >= 0.6 is 0 Å². The fraction of sp³-hybridized carbons (Fsp3) is 0.222. The number of hydrogen-bond acceptors (Lipinski definition) is 2. The molecule has 0 fully saturated rings. The Hall–Kier alpha value is -3.13. The number of rotatable bonds is 9. The van der Waals surface area contributed by atoms with E-state index in [1.165, 1.54) is 5.57 Å². The molecular formula is C27H28O2. The molecule has 0 heterocycles. The number of carbonyl (C=O) groups is 1. The van der Waals surface area contributed by atoms with Gasteiger partial charge in [-0.15, -0.1) is 0 Å². The molecule has 1 unspecified atom stereocenters. The van der Waals surface area contributed by atoms with E-state index in [1.807, 2.05) is 60.7 Å². The van der Waals surface area contributed by atoms with Crippen LogP contribution in [-0.2, 0) is 9.53 Å². The summed E-state index contributed by atoms with van der Waals surface area (Å²) < 4.78 is 5.46. The van der Waals surface area contributed by atoms with E-state index >= 15 is 0 Å². The highest BCUT2D eigenvalue weighted by Gasteiger charge is 2.19. The van der Waals surface area contributed by atoms with Crippen molar-refractivity contribution in [2.24, 2.45) is 0 Å². The third-order valence-electron chi connectivity index (χ3n) is 5.03. The molecule has 2 aromatic carbocycles. The van der Waals surface area contributed by atoms with Gasteiger partial charge in [0.1, 0.15) is 6.61 Å². The lowest BCUT2D eigenvalue weighted by molar-refractivity contribution is -0.142. The van der Waals surface area contributed by atoms with Crippen LogP contribution in [-0.4, -0.2) is 12.6 Å². The number of allylic oxidation sites excluding steroid dienone is 5. The van der Waals surface area contributed by atoms with Crippen LogP contribution in [0, 0.1) is 0 Å². The van der Waals surface area contributed by atoms with E-state index in [4.69, 9.17) is 4.74 Å². The van der Waals surface area contributed by atoms with E-state index in [2.05, 4.69) is 36.9 Å². The summed E-state index contributed by atoms with van der Waals surface area (Å²) in [7, 11) is 0. The van der Waals surface area contributed by atoms with Crippen LogP contribution in [0.3, 0.4) is 0 Å². The Labute approximate surface area is 173 Å². The molecule has 2 nitrogen and oxygen atoms in total. The van der Waals surface area contributed by atoms with E-state index in [0.29, 0.717) is 6.42 Å². The summed E-state index contributed by atoms with van der Waals surface area (Å²) in [5.74, 6) is -0.122. The molecule has 1 aliphatic rings. The third-order valence-corrected chi connectivity index (χ3v) is 5.03. The lowest BCUT2D eigenvalue weighted by atomic mass is 9.86. The van der Waals surface area contributed by atoms with Crippen LogP contribution in [0.1, 0.15) is 42.7 Å². The Bertz CT molecular complexity index is 889. The first-order valence-electron chi connectivity index (χ1n) is 10.2. The zero-order valence-electron chi connectivity index (χ0n) is 16.8. The SMILES string of the molecule is C=C(CC(CC(=O)OC/C=C/c1ccccc1)c1ccccc1)C1=CCCC=C1. The monoisotopic (exact) mass is 384 g/mol. The molecule has 0 spiro atoms. The summed E-state index contributed by atoms with van der Waals surface area (Å²) >= 11 is 0. The molecule has 1 atom stereocenters. The van der Waals surface area contributed by atoms with E-state index in [-0.39, 0.29) is 18.5 Å². The minimum atomic E-state index is -0.183. The van der Waals surface area contributed by atoms with Gasteiger partial charge >= 0.3 is 5.97 Å². The van der Waals surface area contributed by atoms with E-state index in [1.54, 1.807) is 0 Å². The van der Waals surface area contributed by atoms with Crippen molar-refractivity contribution in [2.45, 2.75) is 31.6 Å². The Kier molecular flexibility index (Phi) is 7.82. The average molecular weight is 385 g/mol. The second-order valence-corrected chi connectivity index (χ2v) is 7.25. The standard InChI is InChI=1S/C27H28O2/c1-22(24-15-7-3-8-16-24)20-26(25-17-9-4-10-18-25)21-27(28)29-19-11-14-23-12-5-2-6-13-23/h2,4-7,9-18,26H,1,3,8,19-21H2/b14-11+. The molecule has 0 aliphatic heterocycles. The molecule has 2 aromatic rings. The molecule has 3 rings (SSSR count). The van der Waals surface area contributed by atoms with E-state index in [9.17, 15) is 4.79 Å². The van der Waals surface area contributed by atoms with E-state index in [0.717, 1.165) is 36.0 Å². The molecule has 0 saturated heterocycles. The van der Waals surface area contributed by atoms with Gasteiger partial charge in [0.15, 0.2) is 0 Å². The number of carbonyl (C=O) groups excluding carboxylic acids is 1. The zero-order chi connectivity index (χ0) is 20.3. The first kappa shape index (κ1) is 20.6. The van der Waals surface area contributed by atoms with Gasteiger partial charge in [-0.3, -0.25) is 4.79 Å². The molecule has 0 saturated carbocycles. The molecule has 29 heavy (non-hydrogen) atoms. The molecule has 0 radical (unpaired) electrons. The summed E-state index contributed by atoms with van der Waals surface area (Å²) in [5.41, 5.74) is 4.50. The topological polar surface area (TPSA) is 26.3 Å².